The largest absolute Gasteiger partial charge is 0.444 e. The van der Waals surface area contributed by atoms with E-state index in [4.69, 9.17) is 4.74 Å². The van der Waals surface area contributed by atoms with Gasteiger partial charge in [0.2, 0.25) is 0 Å². The van der Waals surface area contributed by atoms with Gasteiger partial charge < -0.3 is 15.4 Å². The van der Waals surface area contributed by atoms with Crippen LogP contribution in [0.4, 0.5) is 9.18 Å². The van der Waals surface area contributed by atoms with E-state index in [1.165, 1.54) is 32.1 Å². The zero-order valence-electron chi connectivity index (χ0n) is 15.0. The lowest BCUT2D eigenvalue weighted by Crippen LogP contribution is -2.40. The second-order valence-electron chi connectivity index (χ2n) is 6.90. The first kappa shape index (κ1) is 21.2. The third kappa shape index (κ3) is 10.8. The topological polar surface area (TPSA) is 50.4 Å². The van der Waals surface area contributed by atoms with Crippen molar-refractivity contribution in [3.05, 3.63) is 0 Å². The molecule has 0 saturated heterocycles. The quantitative estimate of drug-likeness (QED) is 0.777. The van der Waals surface area contributed by atoms with Crippen molar-refractivity contribution in [2.24, 2.45) is 5.92 Å². The molecule has 1 atom stereocenters. The number of hydrogen-bond donors (Lipinski definition) is 2. The van der Waals surface area contributed by atoms with E-state index in [1.54, 1.807) is 0 Å². The molecule has 1 fully saturated rings. The Labute approximate surface area is 135 Å². The van der Waals surface area contributed by atoms with Gasteiger partial charge in [0.05, 0.1) is 7.18 Å². The molecule has 5 heteroatoms. The molecule has 0 aromatic heterocycles. The number of alkyl carbamates (subject to hydrolysis) is 1. The first-order valence-electron chi connectivity index (χ1n) is 8.48. The van der Waals surface area contributed by atoms with Gasteiger partial charge in [-0.25, -0.2) is 4.79 Å². The number of rotatable bonds is 6. The van der Waals surface area contributed by atoms with E-state index in [2.05, 4.69) is 17.6 Å². The van der Waals surface area contributed by atoms with Crippen molar-refractivity contribution in [2.75, 3.05) is 20.3 Å². The van der Waals surface area contributed by atoms with Gasteiger partial charge in [0, 0.05) is 12.6 Å². The molecule has 2 N–H and O–H groups in total. The summed E-state index contributed by atoms with van der Waals surface area (Å²) in [4.78, 5) is 11.6. The van der Waals surface area contributed by atoms with Crippen LogP contribution in [-0.4, -0.2) is 38.0 Å². The number of carbonyl (C=O) groups excluding carboxylic acids is 1. The predicted octanol–water partition coefficient (Wildman–Crippen LogP) is 4.05. The summed E-state index contributed by atoms with van der Waals surface area (Å²) in [5.74, 6) is 0.476. The zero-order valence-corrected chi connectivity index (χ0v) is 15.0. The average molecular weight is 318 g/mol. The van der Waals surface area contributed by atoms with Crippen molar-refractivity contribution >= 4 is 6.09 Å². The maximum atomic E-state index is 11.6. The van der Waals surface area contributed by atoms with Gasteiger partial charge in [-0.1, -0.05) is 32.6 Å². The minimum atomic E-state index is -0.424. The Kier molecular flexibility index (Phi) is 11.2. The highest BCUT2D eigenvalue weighted by atomic mass is 19.1. The fourth-order valence-electron chi connectivity index (χ4n) is 2.54. The molecule has 0 aromatic rings. The summed E-state index contributed by atoms with van der Waals surface area (Å²) in [6.45, 7) is 9.49. The van der Waals surface area contributed by atoms with Crippen molar-refractivity contribution in [1.82, 2.24) is 10.6 Å². The van der Waals surface area contributed by atoms with E-state index in [9.17, 15) is 9.18 Å². The van der Waals surface area contributed by atoms with Crippen molar-refractivity contribution in [3.63, 3.8) is 0 Å². The van der Waals surface area contributed by atoms with Gasteiger partial charge in [-0.3, -0.25) is 4.39 Å². The Morgan fingerprint density at radius 2 is 1.77 bits per heavy atom. The lowest BCUT2D eigenvalue weighted by atomic mass is 9.95. The third-order valence-electron chi connectivity index (χ3n) is 3.81. The van der Waals surface area contributed by atoms with Crippen molar-refractivity contribution in [2.45, 2.75) is 77.9 Å². The molecule has 4 nitrogen and oxygen atoms in total. The summed E-state index contributed by atoms with van der Waals surface area (Å²) in [6.07, 6.45) is 7.44. The predicted molar refractivity (Wildman–Crippen MR) is 89.9 cm³/mol. The maximum Gasteiger partial charge on any atom is 0.407 e. The first-order chi connectivity index (χ1) is 10.4. The molecule has 0 aromatic carbocycles. The highest BCUT2D eigenvalue weighted by Gasteiger charge is 2.18. The van der Waals surface area contributed by atoms with Crippen LogP contribution >= 0.6 is 0 Å². The van der Waals surface area contributed by atoms with Gasteiger partial charge in [0.25, 0.3) is 0 Å². The molecule has 1 aliphatic carbocycles. The average Bonchev–Trinajstić information content (AvgIpc) is 2.49. The Balaban J connectivity index is 0.00000211. The summed E-state index contributed by atoms with van der Waals surface area (Å²) in [7, 11) is 0.500. The Morgan fingerprint density at radius 1 is 1.18 bits per heavy atom. The van der Waals surface area contributed by atoms with Gasteiger partial charge in [-0.2, -0.15) is 0 Å². The van der Waals surface area contributed by atoms with E-state index in [0.717, 1.165) is 13.0 Å². The first-order valence-corrected chi connectivity index (χ1v) is 8.48. The van der Waals surface area contributed by atoms with Crippen LogP contribution in [0, 0.1) is 5.92 Å². The summed E-state index contributed by atoms with van der Waals surface area (Å²) < 4.78 is 14.8. The number of halogens is 1. The summed E-state index contributed by atoms with van der Waals surface area (Å²) in [5.41, 5.74) is -0.424. The molecule has 1 aliphatic rings. The van der Waals surface area contributed by atoms with Crippen LogP contribution in [0.5, 0.6) is 0 Å². The normalized spacial score (nSPS) is 17.2. The van der Waals surface area contributed by atoms with Crippen LogP contribution in [-0.2, 0) is 4.74 Å². The van der Waals surface area contributed by atoms with Crippen LogP contribution in [0.1, 0.15) is 66.2 Å². The molecule has 0 spiro atoms. The molecule has 1 unspecified atom stereocenters. The number of amides is 1. The maximum absolute atomic E-state index is 11.6. The number of alkyl halides is 1. The molecule has 0 bridgehead atoms. The highest BCUT2D eigenvalue weighted by molar-refractivity contribution is 5.67. The molecule has 1 rings (SSSR count). The molecule has 0 radical (unpaired) electrons. The van der Waals surface area contributed by atoms with E-state index in [1.807, 2.05) is 20.8 Å². The van der Waals surface area contributed by atoms with Crippen molar-refractivity contribution in [1.29, 1.82) is 0 Å². The van der Waals surface area contributed by atoms with Gasteiger partial charge in [0.15, 0.2) is 0 Å². The summed E-state index contributed by atoms with van der Waals surface area (Å²) in [6, 6.07) is 0.680. The molecular weight excluding hydrogens is 283 g/mol. The lowest BCUT2D eigenvalue weighted by molar-refractivity contribution is 0.0518. The van der Waals surface area contributed by atoms with Crippen LogP contribution in [0.15, 0.2) is 0 Å². The monoisotopic (exact) mass is 318 g/mol. The van der Waals surface area contributed by atoms with Gasteiger partial charge >= 0.3 is 6.09 Å². The highest BCUT2D eigenvalue weighted by Crippen LogP contribution is 2.17. The summed E-state index contributed by atoms with van der Waals surface area (Å²) in [5, 5.41) is 6.53. The van der Waals surface area contributed by atoms with Gasteiger partial charge in [-0.15, -0.1) is 0 Å². The minimum absolute atomic E-state index is 0.311. The zero-order chi connectivity index (χ0) is 17.0. The number of ether oxygens (including phenoxy) is 1. The van der Waals surface area contributed by atoms with E-state index < -0.39 is 5.60 Å². The number of carbonyl (C=O) groups is 1. The summed E-state index contributed by atoms with van der Waals surface area (Å²) >= 11 is 0. The molecule has 0 heterocycles. The van der Waals surface area contributed by atoms with E-state index >= 15 is 0 Å². The van der Waals surface area contributed by atoms with Crippen LogP contribution in [0.3, 0.4) is 0 Å². The molecule has 1 amide bonds. The van der Waals surface area contributed by atoms with Crippen LogP contribution in [0.25, 0.3) is 0 Å². The number of nitrogens with one attached hydrogen (secondary N) is 2. The lowest BCUT2D eigenvalue weighted by Gasteiger charge is -2.26. The molecule has 22 heavy (non-hydrogen) atoms. The third-order valence-corrected chi connectivity index (χ3v) is 3.81. The number of hydrogen-bond acceptors (Lipinski definition) is 3. The Bertz CT molecular complexity index is 287. The second kappa shape index (κ2) is 11.7. The smallest absolute Gasteiger partial charge is 0.407 e. The fourth-order valence-corrected chi connectivity index (χ4v) is 2.54. The second-order valence-corrected chi connectivity index (χ2v) is 6.90. The van der Waals surface area contributed by atoms with Gasteiger partial charge in [0.1, 0.15) is 5.60 Å². The molecule has 0 aliphatic heterocycles. The van der Waals surface area contributed by atoms with Crippen molar-refractivity contribution < 1.29 is 13.9 Å². The standard InChI is InChI=1S/C16H32N2O2.CH3F/c1-5-13(11-17-14-9-7-6-8-10-14)12-18-15(19)20-16(2,3)4;1-2/h13-14,17H,5-12H2,1-4H3,(H,18,19);1H3. The van der Waals surface area contributed by atoms with Gasteiger partial charge in [-0.05, 0) is 46.1 Å². The Morgan fingerprint density at radius 3 is 2.27 bits per heavy atom. The Hall–Kier alpha value is -0.840. The molecule has 1 saturated carbocycles. The molecule has 132 valence electrons. The minimum Gasteiger partial charge on any atom is -0.444 e. The fraction of sp³-hybridized carbons (Fsp3) is 0.941. The van der Waals surface area contributed by atoms with E-state index in [0.29, 0.717) is 25.7 Å². The van der Waals surface area contributed by atoms with Crippen molar-refractivity contribution in [3.8, 4) is 0 Å². The SMILES string of the molecule is CCC(CNC(=O)OC(C)(C)C)CNC1CCCCC1.CF. The van der Waals surface area contributed by atoms with Crippen LogP contribution < -0.4 is 10.6 Å². The molecular formula is C17H35FN2O2. The van der Waals surface area contributed by atoms with Crippen LogP contribution in [0.2, 0.25) is 0 Å². The van der Waals surface area contributed by atoms with E-state index in [-0.39, 0.29) is 6.09 Å².